The van der Waals surface area contributed by atoms with Crippen LogP contribution in [0.15, 0.2) is 42.5 Å². The van der Waals surface area contributed by atoms with Gasteiger partial charge in [0.15, 0.2) is 0 Å². The summed E-state index contributed by atoms with van der Waals surface area (Å²) in [4.78, 5) is 12.2. The monoisotopic (exact) mass is 386 g/mol. The van der Waals surface area contributed by atoms with Crippen molar-refractivity contribution in [2.75, 3.05) is 11.4 Å². The highest BCUT2D eigenvalue weighted by atomic mass is 35.5. The first-order valence-corrected chi connectivity index (χ1v) is 8.30. The van der Waals surface area contributed by atoms with Crippen LogP contribution in [0.5, 0.6) is 0 Å². The molecule has 2 aromatic rings. The molecule has 0 aliphatic carbocycles. The van der Waals surface area contributed by atoms with E-state index < -0.39 is 16.7 Å². The van der Waals surface area contributed by atoms with Crippen LogP contribution in [0.4, 0.5) is 24.5 Å². The van der Waals surface area contributed by atoms with E-state index in [1.54, 1.807) is 6.07 Å². The maximum atomic E-state index is 12.7. The van der Waals surface area contributed by atoms with E-state index in [9.17, 15) is 23.3 Å². The van der Waals surface area contributed by atoms with Crippen LogP contribution in [0.2, 0.25) is 5.02 Å². The second-order valence-electron chi connectivity index (χ2n) is 6.36. The van der Waals surface area contributed by atoms with E-state index in [4.69, 9.17) is 11.6 Å². The van der Waals surface area contributed by atoms with Crippen molar-refractivity contribution in [2.24, 2.45) is 5.92 Å². The number of halogens is 4. The molecule has 0 saturated heterocycles. The number of anilines is 1. The van der Waals surface area contributed by atoms with E-state index >= 15 is 0 Å². The minimum atomic E-state index is -4.38. The molecule has 26 heavy (non-hydrogen) atoms. The van der Waals surface area contributed by atoms with Gasteiger partial charge in [-0.05, 0) is 29.7 Å². The molecular formula is C18H18ClF3N2O2. The average Bonchev–Trinajstić information content (AvgIpc) is 2.53. The second kappa shape index (κ2) is 7.95. The molecule has 140 valence electrons. The number of nitrogens with zero attached hydrogens (tertiary/aromatic N) is 2. The fourth-order valence-corrected chi connectivity index (χ4v) is 2.87. The van der Waals surface area contributed by atoms with Crippen LogP contribution in [0.25, 0.3) is 0 Å². The molecule has 2 rings (SSSR count). The molecule has 0 atom stereocenters. The summed E-state index contributed by atoms with van der Waals surface area (Å²) in [7, 11) is 0. The number of nitro benzene ring substituents is 1. The molecule has 0 aromatic heterocycles. The largest absolute Gasteiger partial charge is 0.416 e. The number of rotatable bonds is 6. The molecule has 0 unspecified atom stereocenters. The van der Waals surface area contributed by atoms with Gasteiger partial charge < -0.3 is 4.90 Å². The Labute approximate surface area is 154 Å². The number of alkyl halides is 3. The van der Waals surface area contributed by atoms with Crippen LogP contribution in [0.1, 0.15) is 25.0 Å². The maximum absolute atomic E-state index is 12.7. The number of non-ortho nitro benzene ring substituents is 1. The minimum absolute atomic E-state index is 0.113. The Balaban J connectivity index is 2.29. The number of benzene rings is 2. The second-order valence-corrected chi connectivity index (χ2v) is 6.77. The third-order valence-corrected chi connectivity index (χ3v) is 4.03. The van der Waals surface area contributed by atoms with Crippen molar-refractivity contribution < 1.29 is 18.1 Å². The summed E-state index contributed by atoms with van der Waals surface area (Å²) in [6, 6.07) is 9.14. The number of hydrogen-bond acceptors (Lipinski definition) is 3. The first-order chi connectivity index (χ1) is 12.1. The van der Waals surface area contributed by atoms with Crippen molar-refractivity contribution in [2.45, 2.75) is 26.6 Å². The molecule has 8 heteroatoms. The fourth-order valence-electron chi connectivity index (χ4n) is 2.57. The van der Waals surface area contributed by atoms with Crippen LogP contribution in [-0.2, 0) is 12.7 Å². The van der Waals surface area contributed by atoms with Crippen LogP contribution in [-0.4, -0.2) is 11.5 Å². The molecule has 0 saturated carbocycles. The average molecular weight is 387 g/mol. The van der Waals surface area contributed by atoms with Gasteiger partial charge in [-0.1, -0.05) is 37.6 Å². The normalized spacial score (nSPS) is 11.7. The summed E-state index contributed by atoms with van der Waals surface area (Å²) in [5.74, 6) is 0.260. The van der Waals surface area contributed by atoms with Gasteiger partial charge in [0.25, 0.3) is 5.69 Å². The Bertz CT molecular complexity index is 777. The first kappa shape index (κ1) is 20.0. The molecule has 0 fully saturated rings. The predicted octanol–water partition coefficient (Wildman–Crippen LogP) is 5.93. The van der Waals surface area contributed by atoms with Gasteiger partial charge in [0, 0.05) is 25.2 Å². The molecule has 2 aromatic carbocycles. The predicted molar refractivity (Wildman–Crippen MR) is 95.4 cm³/mol. The van der Waals surface area contributed by atoms with E-state index in [0.717, 1.165) is 12.1 Å². The van der Waals surface area contributed by atoms with Gasteiger partial charge >= 0.3 is 6.18 Å². The molecule has 0 heterocycles. The lowest BCUT2D eigenvalue weighted by Crippen LogP contribution is -2.27. The summed E-state index contributed by atoms with van der Waals surface area (Å²) in [5.41, 5.74) is 0.474. The quantitative estimate of drug-likeness (QED) is 0.456. The highest BCUT2D eigenvalue weighted by molar-refractivity contribution is 6.33. The first-order valence-electron chi connectivity index (χ1n) is 7.93. The standard InChI is InChI=1S/C18H18ClF3N2O2/c1-12(2)10-23(17-8-7-15(24(25)26)9-16(17)19)11-13-3-5-14(6-4-13)18(20,21)22/h3-9,12H,10-11H2,1-2H3. The Hall–Kier alpha value is -2.28. The third kappa shape index (κ3) is 5.11. The topological polar surface area (TPSA) is 46.4 Å². The van der Waals surface area contributed by atoms with E-state index in [-0.39, 0.29) is 16.6 Å². The van der Waals surface area contributed by atoms with Crippen LogP contribution < -0.4 is 4.90 Å². The summed E-state index contributed by atoms with van der Waals surface area (Å²) in [6.45, 7) is 4.94. The molecule has 4 nitrogen and oxygen atoms in total. The summed E-state index contributed by atoms with van der Waals surface area (Å²) in [6.07, 6.45) is -4.38. The zero-order chi connectivity index (χ0) is 19.5. The Kier molecular flexibility index (Phi) is 6.13. The number of nitro groups is 1. The molecule has 0 aliphatic rings. The van der Waals surface area contributed by atoms with Crippen LogP contribution >= 0.6 is 11.6 Å². The van der Waals surface area contributed by atoms with Gasteiger partial charge in [-0.15, -0.1) is 0 Å². The number of hydrogen-bond donors (Lipinski definition) is 0. The smallest absolute Gasteiger partial charge is 0.366 e. The molecule has 0 amide bonds. The van der Waals surface area contributed by atoms with Gasteiger partial charge in [0.1, 0.15) is 0 Å². The van der Waals surface area contributed by atoms with Crippen molar-refractivity contribution in [3.63, 3.8) is 0 Å². The third-order valence-electron chi connectivity index (χ3n) is 3.72. The van der Waals surface area contributed by atoms with Gasteiger partial charge in [-0.3, -0.25) is 10.1 Å². The van der Waals surface area contributed by atoms with E-state index in [1.165, 1.54) is 24.3 Å². The summed E-state index contributed by atoms with van der Waals surface area (Å²) < 4.78 is 38.1. The molecule has 0 aliphatic heterocycles. The van der Waals surface area contributed by atoms with Crippen molar-refractivity contribution >= 4 is 23.0 Å². The molecular weight excluding hydrogens is 369 g/mol. The van der Waals surface area contributed by atoms with E-state index in [1.807, 2.05) is 18.7 Å². The van der Waals surface area contributed by atoms with Crippen molar-refractivity contribution in [1.82, 2.24) is 0 Å². The van der Waals surface area contributed by atoms with Crippen molar-refractivity contribution in [1.29, 1.82) is 0 Å². The summed E-state index contributed by atoms with van der Waals surface area (Å²) >= 11 is 6.21. The van der Waals surface area contributed by atoms with E-state index in [0.29, 0.717) is 24.3 Å². The molecule has 0 bridgehead atoms. The van der Waals surface area contributed by atoms with Crippen LogP contribution in [0.3, 0.4) is 0 Å². The zero-order valence-corrected chi connectivity index (χ0v) is 15.0. The minimum Gasteiger partial charge on any atom is -0.366 e. The van der Waals surface area contributed by atoms with Gasteiger partial charge in [0.05, 0.1) is 21.2 Å². The highest BCUT2D eigenvalue weighted by Gasteiger charge is 2.30. The van der Waals surface area contributed by atoms with Gasteiger partial charge in [-0.25, -0.2) is 0 Å². The summed E-state index contributed by atoms with van der Waals surface area (Å²) in [5, 5.41) is 11.1. The fraction of sp³-hybridized carbons (Fsp3) is 0.333. The lowest BCUT2D eigenvalue weighted by atomic mass is 10.1. The molecule has 0 N–H and O–H groups in total. The van der Waals surface area contributed by atoms with Gasteiger partial charge in [0.2, 0.25) is 0 Å². The molecule has 0 spiro atoms. The zero-order valence-electron chi connectivity index (χ0n) is 14.3. The van der Waals surface area contributed by atoms with Crippen LogP contribution in [0, 0.1) is 16.0 Å². The Morgan fingerprint density at radius 1 is 1.15 bits per heavy atom. The van der Waals surface area contributed by atoms with Crippen molar-refractivity contribution in [3.05, 3.63) is 68.7 Å². The highest BCUT2D eigenvalue weighted by Crippen LogP contribution is 2.32. The Morgan fingerprint density at radius 2 is 1.77 bits per heavy atom. The Morgan fingerprint density at radius 3 is 2.23 bits per heavy atom. The molecule has 0 radical (unpaired) electrons. The maximum Gasteiger partial charge on any atom is 0.416 e. The van der Waals surface area contributed by atoms with Gasteiger partial charge in [-0.2, -0.15) is 13.2 Å². The SMILES string of the molecule is CC(C)CN(Cc1ccc(C(F)(F)F)cc1)c1ccc([N+](=O)[O-])cc1Cl. The van der Waals surface area contributed by atoms with E-state index in [2.05, 4.69) is 0 Å². The lowest BCUT2D eigenvalue weighted by Gasteiger charge is -2.28. The lowest BCUT2D eigenvalue weighted by molar-refractivity contribution is -0.384. The van der Waals surface area contributed by atoms with Crippen molar-refractivity contribution in [3.8, 4) is 0 Å².